The summed E-state index contributed by atoms with van der Waals surface area (Å²) in [4.78, 5) is 27.2. The minimum atomic E-state index is -0.0521. The van der Waals surface area contributed by atoms with Gasteiger partial charge in [0.2, 0.25) is 0 Å². The van der Waals surface area contributed by atoms with Crippen LogP contribution in [-0.2, 0) is 13.0 Å². The van der Waals surface area contributed by atoms with Crippen LogP contribution >= 0.6 is 23.2 Å². The first kappa shape index (κ1) is 20.3. The molecule has 158 valence electrons. The van der Waals surface area contributed by atoms with Crippen molar-refractivity contribution in [1.29, 1.82) is 0 Å². The van der Waals surface area contributed by atoms with E-state index in [-0.39, 0.29) is 5.91 Å². The van der Waals surface area contributed by atoms with E-state index in [1.165, 1.54) is 0 Å². The smallest absolute Gasteiger partial charge is 0.254 e. The van der Waals surface area contributed by atoms with Crippen LogP contribution in [0.2, 0.25) is 10.0 Å². The molecule has 2 aliphatic rings. The minimum absolute atomic E-state index is 0.0521. The van der Waals surface area contributed by atoms with E-state index in [1.807, 2.05) is 35.2 Å². The zero-order valence-electron chi connectivity index (χ0n) is 17.0. The number of rotatable bonds is 3. The Morgan fingerprint density at radius 2 is 1.68 bits per heavy atom. The van der Waals surface area contributed by atoms with E-state index >= 15 is 0 Å². The molecule has 2 aliphatic heterocycles. The molecule has 1 aromatic heterocycles. The summed E-state index contributed by atoms with van der Waals surface area (Å²) < 4.78 is 0. The second kappa shape index (κ2) is 8.48. The summed E-state index contributed by atoms with van der Waals surface area (Å²) in [5.74, 6) is 1.67. The van der Waals surface area contributed by atoms with E-state index < -0.39 is 0 Å². The van der Waals surface area contributed by atoms with Crippen molar-refractivity contribution in [1.82, 2.24) is 14.9 Å². The lowest BCUT2D eigenvalue weighted by atomic mass is 10.0. The van der Waals surface area contributed by atoms with Crippen LogP contribution in [0, 0.1) is 0 Å². The molecule has 0 bridgehead atoms. The number of benzene rings is 2. The van der Waals surface area contributed by atoms with Crippen LogP contribution < -0.4 is 4.90 Å². The molecule has 5 rings (SSSR count). The van der Waals surface area contributed by atoms with Crippen molar-refractivity contribution in [2.75, 3.05) is 24.5 Å². The van der Waals surface area contributed by atoms with Crippen molar-refractivity contribution in [3.05, 3.63) is 75.4 Å². The highest BCUT2D eigenvalue weighted by atomic mass is 35.5. The van der Waals surface area contributed by atoms with E-state index in [9.17, 15) is 4.79 Å². The highest BCUT2D eigenvalue weighted by Crippen LogP contribution is 2.32. The molecule has 2 aromatic carbocycles. The fraction of sp³-hybridized carbons (Fsp3) is 0.292. The molecule has 0 saturated carbocycles. The quantitative estimate of drug-likeness (QED) is 0.544. The summed E-state index contributed by atoms with van der Waals surface area (Å²) in [6.45, 7) is 3.07. The average molecular weight is 453 g/mol. The maximum absolute atomic E-state index is 13.2. The normalized spacial score (nSPS) is 15.8. The number of carbonyl (C=O) groups excluding carboxylic acids is 1. The lowest BCUT2D eigenvalue weighted by Crippen LogP contribution is -2.38. The van der Waals surface area contributed by atoms with Crippen molar-refractivity contribution in [2.24, 2.45) is 0 Å². The van der Waals surface area contributed by atoms with Gasteiger partial charge in [0, 0.05) is 42.7 Å². The van der Waals surface area contributed by atoms with Crippen LogP contribution in [0.3, 0.4) is 0 Å². The van der Waals surface area contributed by atoms with Gasteiger partial charge in [-0.1, -0.05) is 53.5 Å². The van der Waals surface area contributed by atoms with Gasteiger partial charge in [-0.3, -0.25) is 4.79 Å². The average Bonchev–Trinajstić information content (AvgIpc) is 3.35. The van der Waals surface area contributed by atoms with E-state index in [0.717, 1.165) is 54.4 Å². The first-order chi connectivity index (χ1) is 15.1. The van der Waals surface area contributed by atoms with Gasteiger partial charge in [0.05, 0.1) is 22.3 Å². The Morgan fingerprint density at radius 3 is 2.42 bits per heavy atom. The van der Waals surface area contributed by atoms with E-state index in [4.69, 9.17) is 33.2 Å². The third kappa shape index (κ3) is 4.00. The minimum Gasteiger partial charge on any atom is -0.356 e. The molecular formula is C24H22Cl2N4O. The van der Waals surface area contributed by atoms with Gasteiger partial charge >= 0.3 is 0 Å². The number of hydrogen-bond donors (Lipinski definition) is 0. The van der Waals surface area contributed by atoms with Gasteiger partial charge in [-0.2, -0.15) is 0 Å². The molecule has 0 aliphatic carbocycles. The predicted molar refractivity (Wildman–Crippen MR) is 124 cm³/mol. The highest BCUT2D eigenvalue weighted by Gasteiger charge is 2.29. The predicted octanol–water partition coefficient (Wildman–Crippen LogP) is 5.25. The van der Waals surface area contributed by atoms with E-state index in [2.05, 4.69) is 4.90 Å². The number of hydrogen-bond acceptors (Lipinski definition) is 4. The third-order valence-corrected chi connectivity index (χ3v) is 6.67. The second-order valence-electron chi connectivity index (χ2n) is 7.96. The summed E-state index contributed by atoms with van der Waals surface area (Å²) in [6.07, 6.45) is 3.02. The Balaban J connectivity index is 1.51. The van der Waals surface area contributed by atoms with E-state index in [1.54, 1.807) is 18.2 Å². The maximum atomic E-state index is 13.2. The Bertz CT molecular complexity index is 1130. The lowest BCUT2D eigenvalue weighted by molar-refractivity contribution is 0.0733. The van der Waals surface area contributed by atoms with Crippen LogP contribution in [-0.4, -0.2) is 40.4 Å². The Hall–Kier alpha value is -2.63. The van der Waals surface area contributed by atoms with Crippen molar-refractivity contribution in [3.63, 3.8) is 0 Å². The van der Waals surface area contributed by atoms with E-state index in [0.29, 0.717) is 35.1 Å². The Labute approximate surface area is 191 Å². The Morgan fingerprint density at radius 1 is 0.903 bits per heavy atom. The molecule has 3 heterocycles. The fourth-order valence-electron chi connectivity index (χ4n) is 4.29. The molecule has 3 aromatic rings. The number of fused-ring (bicyclic) bond motifs is 1. The number of aromatic nitrogens is 2. The van der Waals surface area contributed by atoms with Gasteiger partial charge in [0.1, 0.15) is 5.82 Å². The van der Waals surface area contributed by atoms with Gasteiger partial charge in [-0.05, 0) is 31.0 Å². The molecular weight excluding hydrogens is 431 g/mol. The van der Waals surface area contributed by atoms with Crippen LogP contribution in [0.25, 0.3) is 11.4 Å². The van der Waals surface area contributed by atoms with Gasteiger partial charge in [0.25, 0.3) is 5.91 Å². The SMILES string of the molecule is O=C(c1ccc(Cl)c(Cl)c1)N1CCc2nc(-c3ccccc3)nc(N3CCCC3)c2C1. The molecule has 0 N–H and O–H groups in total. The van der Waals surface area contributed by atoms with Crippen LogP contribution in [0.1, 0.15) is 34.5 Å². The number of amides is 1. The molecule has 1 saturated heterocycles. The standard InChI is InChI=1S/C24H22Cl2N4O/c25-19-9-8-17(14-20(19)26)24(31)30-13-10-21-18(15-30)23(29-11-4-5-12-29)28-22(27-21)16-6-2-1-3-7-16/h1-3,6-9,14H,4-5,10-13,15H2. The number of nitrogens with zero attached hydrogens (tertiary/aromatic N) is 4. The zero-order chi connectivity index (χ0) is 21.4. The third-order valence-electron chi connectivity index (χ3n) is 5.93. The number of carbonyl (C=O) groups is 1. The highest BCUT2D eigenvalue weighted by molar-refractivity contribution is 6.42. The summed E-state index contributed by atoms with van der Waals surface area (Å²) in [5.41, 5.74) is 3.65. The van der Waals surface area contributed by atoms with Crippen LogP contribution in [0.15, 0.2) is 48.5 Å². The molecule has 0 atom stereocenters. The Kier molecular flexibility index (Phi) is 5.55. The summed E-state index contributed by atoms with van der Waals surface area (Å²) in [6, 6.07) is 15.1. The van der Waals surface area contributed by atoms with Crippen molar-refractivity contribution in [2.45, 2.75) is 25.8 Å². The van der Waals surface area contributed by atoms with Gasteiger partial charge in [0.15, 0.2) is 5.82 Å². The molecule has 7 heteroatoms. The largest absolute Gasteiger partial charge is 0.356 e. The molecule has 5 nitrogen and oxygen atoms in total. The zero-order valence-corrected chi connectivity index (χ0v) is 18.5. The van der Waals surface area contributed by atoms with Gasteiger partial charge < -0.3 is 9.80 Å². The van der Waals surface area contributed by atoms with Crippen molar-refractivity contribution >= 4 is 34.9 Å². The maximum Gasteiger partial charge on any atom is 0.254 e. The number of halogens is 2. The molecule has 0 spiro atoms. The van der Waals surface area contributed by atoms with Gasteiger partial charge in [-0.15, -0.1) is 0 Å². The summed E-state index contributed by atoms with van der Waals surface area (Å²) in [5, 5.41) is 0.832. The molecule has 31 heavy (non-hydrogen) atoms. The topological polar surface area (TPSA) is 49.3 Å². The van der Waals surface area contributed by atoms with Crippen LogP contribution in [0.5, 0.6) is 0 Å². The monoisotopic (exact) mass is 452 g/mol. The second-order valence-corrected chi connectivity index (χ2v) is 8.78. The van der Waals surface area contributed by atoms with Crippen molar-refractivity contribution in [3.8, 4) is 11.4 Å². The molecule has 0 radical (unpaired) electrons. The lowest BCUT2D eigenvalue weighted by Gasteiger charge is -2.32. The van der Waals surface area contributed by atoms with Gasteiger partial charge in [-0.25, -0.2) is 9.97 Å². The summed E-state index contributed by atoms with van der Waals surface area (Å²) >= 11 is 12.2. The molecule has 0 unspecified atom stereocenters. The fourth-order valence-corrected chi connectivity index (χ4v) is 4.59. The molecule has 1 amide bonds. The molecule has 1 fully saturated rings. The van der Waals surface area contributed by atoms with Crippen molar-refractivity contribution < 1.29 is 4.79 Å². The summed E-state index contributed by atoms with van der Waals surface area (Å²) in [7, 11) is 0. The first-order valence-corrected chi connectivity index (χ1v) is 11.3. The number of anilines is 1. The first-order valence-electron chi connectivity index (χ1n) is 10.5. The van der Waals surface area contributed by atoms with Crippen LogP contribution in [0.4, 0.5) is 5.82 Å².